The maximum atomic E-state index is 9.24. The van der Waals surface area contributed by atoms with Crippen molar-refractivity contribution in [2.45, 2.75) is 25.9 Å². The Labute approximate surface area is 109 Å². The molecule has 0 saturated heterocycles. The highest BCUT2D eigenvalue weighted by molar-refractivity contribution is 5.26. The summed E-state index contributed by atoms with van der Waals surface area (Å²) in [6, 6.07) is 8.15. The Bertz CT molecular complexity index is 357. The first-order valence-electron chi connectivity index (χ1n) is 6.69. The van der Waals surface area contributed by atoms with Crippen molar-refractivity contribution in [1.82, 2.24) is 4.90 Å². The minimum absolute atomic E-state index is 0.0489. The molecule has 1 aliphatic rings. The van der Waals surface area contributed by atoms with Crippen LogP contribution < -0.4 is 4.74 Å². The van der Waals surface area contributed by atoms with Crippen LogP contribution in [-0.4, -0.2) is 42.9 Å². The summed E-state index contributed by atoms with van der Waals surface area (Å²) < 4.78 is 5.69. The van der Waals surface area contributed by atoms with Crippen LogP contribution in [0.15, 0.2) is 24.3 Å². The van der Waals surface area contributed by atoms with Gasteiger partial charge in [-0.3, -0.25) is 0 Å². The van der Waals surface area contributed by atoms with Crippen LogP contribution in [-0.2, 0) is 0 Å². The molecule has 0 aromatic heterocycles. The highest BCUT2D eigenvalue weighted by Gasteiger charge is 2.27. The van der Waals surface area contributed by atoms with E-state index < -0.39 is 0 Å². The summed E-state index contributed by atoms with van der Waals surface area (Å²) in [6.45, 7) is 4.79. The molecule has 2 rings (SSSR count). The lowest BCUT2D eigenvalue weighted by Gasteiger charge is -2.34. The molecule has 3 heteroatoms. The highest BCUT2D eigenvalue weighted by Crippen LogP contribution is 2.27. The van der Waals surface area contributed by atoms with Crippen molar-refractivity contribution in [2.24, 2.45) is 5.92 Å². The molecule has 1 saturated carbocycles. The third kappa shape index (κ3) is 4.00. The standard InChI is InChI=1S/C15H23NO2/c1-12-3-5-15(6-4-12)18-8-7-16(2)11-13-9-14(17)10-13/h3-6,13-14,17H,7-11H2,1-2H3. The van der Waals surface area contributed by atoms with Crippen molar-refractivity contribution in [3.05, 3.63) is 29.8 Å². The van der Waals surface area contributed by atoms with Crippen molar-refractivity contribution < 1.29 is 9.84 Å². The van der Waals surface area contributed by atoms with E-state index in [2.05, 4.69) is 31.0 Å². The number of aliphatic hydroxyl groups is 1. The minimum Gasteiger partial charge on any atom is -0.492 e. The summed E-state index contributed by atoms with van der Waals surface area (Å²) in [5.74, 6) is 1.61. The largest absolute Gasteiger partial charge is 0.492 e. The molecule has 0 atom stereocenters. The molecule has 18 heavy (non-hydrogen) atoms. The lowest BCUT2D eigenvalue weighted by atomic mass is 9.82. The monoisotopic (exact) mass is 249 g/mol. The van der Waals surface area contributed by atoms with E-state index in [4.69, 9.17) is 4.74 Å². The number of rotatable bonds is 6. The van der Waals surface area contributed by atoms with Crippen molar-refractivity contribution in [2.75, 3.05) is 26.7 Å². The third-order valence-electron chi connectivity index (χ3n) is 3.54. The minimum atomic E-state index is -0.0489. The van der Waals surface area contributed by atoms with Gasteiger partial charge in [0, 0.05) is 13.1 Å². The van der Waals surface area contributed by atoms with E-state index in [1.807, 2.05) is 12.1 Å². The van der Waals surface area contributed by atoms with E-state index in [1.165, 1.54) is 5.56 Å². The number of benzene rings is 1. The van der Waals surface area contributed by atoms with Gasteiger partial charge in [-0.05, 0) is 44.9 Å². The van der Waals surface area contributed by atoms with Crippen LogP contribution in [0.1, 0.15) is 18.4 Å². The Hall–Kier alpha value is -1.06. The number of ether oxygens (including phenoxy) is 1. The fraction of sp³-hybridized carbons (Fsp3) is 0.600. The van der Waals surface area contributed by atoms with Gasteiger partial charge in [-0.1, -0.05) is 17.7 Å². The molecule has 0 aliphatic heterocycles. The van der Waals surface area contributed by atoms with E-state index >= 15 is 0 Å². The van der Waals surface area contributed by atoms with Crippen molar-refractivity contribution >= 4 is 0 Å². The van der Waals surface area contributed by atoms with Gasteiger partial charge in [-0.15, -0.1) is 0 Å². The van der Waals surface area contributed by atoms with Crippen molar-refractivity contribution in [3.8, 4) is 5.75 Å². The number of nitrogens with zero attached hydrogens (tertiary/aromatic N) is 1. The second-order valence-electron chi connectivity index (χ2n) is 5.42. The molecule has 1 fully saturated rings. The molecule has 0 unspecified atom stereocenters. The van der Waals surface area contributed by atoms with Crippen LogP contribution in [0.4, 0.5) is 0 Å². The second-order valence-corrected chi connectivity index (χ2v) is 5.42. The number of aryl methyl sites for hydroxylation is 1. The van der Waals surface area contributed by atoms with Crippen molar-refractivity contribution in [3.63, 3.8) is 0 Å². The number of likely N-dealkylation sites (N-methyl/N-ethyl adjacent to an activating group) is 1. The Kier molecular flexibility index (Phi) is 4.61. The lowest BCUT2D eigenvalue weighted by Crippen LogP contribution is -2.38. The molecule has 1 aromatic rings. The number of hydrogen-bond acceptors (Lipinski definition) is 3. The number of hydrogen-bond donors (Lipinski definition) is 1. The van der Waals surface area contributed by atoms with Crippen LogP contribution in [0.5, 0.6) is 5.75 Å². The second kappa shape index (κ2) is 6.21. The molecule has 0 bridgehead atoms. The quantitative estimate of drug-likeness (QED) is 0.838. The third-order valence-corrected chi connectivity index (χ3v) is 3.54. The molecule has 1 N–H and O–H groups in total. The van der Waals surface area contributed by atoms with Gasteiger partial charge in [0.2, 0.25) is 0 Å². The van der Waals surface area contributed by atoms with E-state index in [9.17, 15) is 5.11 Å². The zero-order valence-electron chi connectivity index (χ0n) is 11.3. The molecule has 3 nitrogen and oxygen atoms in total. The van der Waals surface area contributed by atoms with Crippen LogP contribution in [0, 0.1) is 12.8 Å². The van der Waals surface area contributed by atoms with Crippen molar-refractivity contribution in [1.29, 1.82) is 0 Å². The molecule has 0 heterocycles. The molecule has 0 amide bonds. The molecule has 1 aromatic carbocycles. The average Bonchev–Trinajstić information content (AvgIpc) is 2.30. The van der Waals surface area contributed by atoms with Gasteiger partial charge in [-0.25, -0.2) is 0 Å². The summed E-state index contributed by atoms with van der Waals surface area (Å²) in [6.07, 6.45) is 1.87. The maximum Gasteiger partial charge on any atom is 0.119 e. The van der Waals surface area contributed by atoms with E-state index in [0.717, 1.165) is 38.3 Å². The maximum absolute atomic E-state index is 9.24. The smallest absolute Gasteiger partial charge is 0.119 e. The molecular weight excluding hydrogens is 226 g/mol. The van der Waals surface area contributed by atoms with Crippen LogP contribution in [0.3, 0.4) is 0 Å². The average molecular weight is 249 g/mol. The summed E-state index contributed by atoms with van der Waals surface area (Å²) in [5, 5.41) is 9.24. The number of aliphatic hydroxyl groups excluding tert-OH is 1. The van der Waals surface area contributed by atoms with E-state index in [0.29, 0.717) is 5.92 Å². The van der Waals surface area contributed by atoms with Gasteiger partial charge in [0.1, 0.15) is 12.4 Å². The summed E-state index contributed by atoms with van der Waals surface area (Å²) in [4.78, 5) is 2.28. The fourth-order valence-corrected chi connectivity index (χ4v) is 2.34. The first-order chi connectivity index (χ1) is 8.63. The van der Waals surface area contributed by atoms with Gasteiger partial charge in [-0.2, -0.15) is 0 Å². The van der Waals surface area contributed by atoms with Crippen LogP contribution >= 0.6 is 0 Å². The van der Waals surface area contributed by atoms with Crippen LogP contribution in [0.2, 0.25) is 0 Å². The SMILES string of the molecule is Cc1ccc(OCCN(C)CC2CC(O)C2)cc1. The van der Waals surface area contributed by atoms with Gasteiger partial charge >= 0.3 is 0 Å². The predicted octanol–water partition coefficient (Wildman–Crippen LogP) is 2.08. The first kappa shape index (κ1) is 13.4. The summed E-state index contributed by atoms with van der Waals surface area (Å²) >= 11 is 0. The molecular formula is C15H23NO2. The lowest BCUT2D eigenvalue weighted by molar-refractivity contribution is 0.0269. The zero-order valence-corrected chi connectivity index (χ0v) is 11.3. The highest BCUT2D eigenvalue weighted by atomic mass is 16.5. The van der Waals surface area contributed by atoms with Crippen LogP contribution in [0.25, 0.3) is 0 Å². The topological polar surface area (TPSA) is 32.7 Å². The Morgan fingerprint density at radius 3 is 2.56 bits per heavy atom. The van der Waals surface area contributed by atoms with E-state index in [-0.39, 0.29) is 6.10 Å². The predicted molar refractivity (Wildman–Crippen MR) is 72.9 cm³/mol. The molecule has 1 aliphatic carbocycles. The molecule has 0 spiro atoms. The van der Waals surface area contributed by atoms with Gasteiger partial charge in [0.15, 0.2) is 0 Å². The first-order valence-corrected chi connectivity index (χ1v) is 6.69. The molecule has 100 valence electrons. The summed E-state index contributed by atoms with van der Waals surface area (Å²) in [7, 11) is 2.11. The van der Waals surface area contributed by atoms with Gasteiger partial charge in [0.05, 0.1) is 6.10 Å². The van der Waals surface area contributed by atoms with E-state index in [1.54, 1.807) is 0 Å². The van der Waals surface area contributed by atoms with Gasteiger partial charge in [0.25, 0.3) is 0 Å². The Morgan fingerprint density at radius 2 is 1.94 bits per heavy atom. The van der Waals surface area contributed by atoms with Gasteiger partial charge < -0.3 is 14.7 Å². The Morgan fingerprint density at radius 1 is 1.28 bits per heavy atom. The normalized spacial score (nSPS) is 22.9. The Balaban J connectivity index is 1.61. The molecule has 0 radical (unpaired) electrons. The fourth-order valence-electron chi connectivity index (χ4n) is 2.34. The zero-order chi connectivity index (χ0) is 13.0. The summed E-state index contributed by atoms with van der Waals surface area (Å²) in [5.41, 5.74) is 1.25.